The van der Waals surface area contributed by atoms with Gasteiger partial charge in [-0.3, -0.25) is 4.79 Å². The van der Waals surface area contributed by atoms with Gasteiger partial charge in [0.05, 0.1) is 11.4 Å². The highest BCUT2D eigenvalue weighted by Crippen LogP contribution is 2.39. The van der Waals surface area contributed by atoms with Gasteiger partial charge in [-0.25, -0.2) is 9.07 Å². The molecule has 1 aromatic heterocycles. The Labute approximate surface area is 138 Å². The quantitative estimate of drug-likeness (QED) is 0.785. The van der Waals surface area contributed by atoms with E-state index in [0.717, 1.165) is 24.2 Å². The second kappa shape index (κ2) is 5.92. The summed E-state index contributed by atoms with van der Waals surface area (Å²) in [4.78, 5) is 12.7. The first-order valence-electron chi connectivity index (χ1n) is 7.93. The topological polar surface area (TPSA) is 46.9 Å². The molecular formula is C19H16FN3O. The molecule has 0 bridgehead atoms. The van der Waals surface area contributed by atoms with Gasteiger partial charge in [-0.1, -0.05) is 24.3 Å². The van der Waals surface area contributed by atoms with Gasteiger partial charge in [-0.15, -0.1) is 0 Å². The summed E-state index contributed by atoms with van der Waals surface area (Å²) in [7, 11) is 0. The molecule has 1 N–H and O–H groups in total. The van der Waals surface area contributed by atoms with Crippen LogP contribution in [-0.2, 0) is 0 Å². The fourth-order valence-corrected chi connectivity index (χ4v) is 2.67. The van der Waals surface area contributed by atoms with Crippen LogP contribution in [0.25, 0.3) is 5.69 Å². The van der Waals surface area contributed by atoms with Crippen molar-refractivity contribution in [3.8, 4) is 5.69 Å². The van der Waals surface area contributed by atoms with Crippen molar-refractivity contribution in [2.24, 2.45) is 0 Å². The predicted molar refractivity (Wildman–Crippen MR) is 89.9 cm³/mol. The number of nitrogens with one attached hydrogen (secondary N) is 1. The van der Waals surface area contributed by atoms with Crippen LogP contribution in [0.15, 0.2) is 60.7 Å². The highest BCUT2D eigenvalue weighted by molar-refractivity contribution is 6.03. The van der Waals surface area contributed by atoms with Crippen LogP contribution in [0.4, 0.5) is 10.1 Å². The number of carbonyl (C=O) groups excluding carboxylic acids is 1. The first-order chi connectivity index (χ1) is 11.7. The molecule has 3 aromatic rings. The Morgan fingerprint density at radius 2 is 1.88 bits per heavy atom. The Kier molecular flexibility index (Phi) is 3.61. The molecule has 1 heterocycles. The van der Waals surface area contributed by atoms with Gasteiger partial charge in [0.1, 0.15) is 11.5 Å². The molecule has 0 aliphatic heterocycles. The van der Waals surface area contributed by atoms with E-state index in [0.29, 0.717) is 17.3 Å². The summed E-state index contributed by atoms with van der Waals surface area (Å²) < 4.78 is 15.0. The molecule has 5 heteroatoms. The maximum absolute atomic E-state index is 13.3. The lowest BCUT2D eigenvalue weighted by Crippen LogP contribution is -2.17. The highest BCUT2D eigenvalue weighted by atomic mass is 19.1. The maximum atomic E-state index is 13.3. The summed E-state index contributed by atoms with van der Waals surface area (Å²) >= 11 is 0. The van der Waals surface area contributed by atoms with Crippen molar-refractivity contribution >= 4 is 11.6 Å². The van der Waals surface area contributed by atoms with Gasteiger partial charge < -0.3 is 5.32 Å². The van der Waals surface area contributed by atoms with Gasteiger partial charge >= 0.3 is 0 Å². The second-order valence-corrected chi connectivity index (χ2v) is 5.94. The number of rotatable bonds is 4. The fraction of sp³-hybridized carbons (Fsp3) is 0.158. The Morgan fingerprint density at radius 3 is 2.58 bits per heavy atom. The largest absolute Gasteiger partial charge is 0.321 e. The van der Waals surface area contributed by atoms with Gasteiger partial charge in [-0.05, 0) is 49.2 Å². The van der Waals surface area contributed by atoms with E-state index in [-0.39, 0.29) is 11.7 Å². The number of carbonyl (C=O) groups is 1. The van der Waals surface area contributed by atoms with Crippen LogP contribution in [0.1, 0.15) is 34.9 Å². The first kappa shape index (κ1) is 14.6. The molecule has 4 nitrogen and oxygen atoms in total. The van der Waals surface area contributed by atoms with Crippen LogP contribution < -0.4 is 5.32 Å². The predicted octanol–water partition coefficient (Wildman–Crippen LogP) is 4.14. The number of hydrogen-bond donors (Lipinski definition) is 1. The number of amides is 1. The number of benzene rings is 2. The number of nitrogens with zero attached hydrogens (tertiary/aromatic N) is 2. The number of para-hydroxylation sites is 1. The van der Waals surface area contributed by atoms with E-state index < -0.39 is 0 Å². The Balaban J connectivity index is 1.69. The molecule has 24 heavy (non-hydrogen) atoms. The molecule has 1 aliphatic rings. The Bertz CT molecular complexity index is 885. The minimum Gasteiger partial charge on any atom is -0.321 e. The van der Waals surface area contributed by atoms with Gasteiger partial charge in [0.25, 0.3) is 5.91 Å². The third kappa shape index (κ3) is 2.93. The molecule has 1 aliphatic carbocycles. The first-order valence-corrected chi connectivity index (χ1v) is 7.93. The smallest absolute Gasteiger partial charge is 0.274 e. The zero-order valence-corrected chi connectivity index (χ0v) is 12.9. The summed E-state index contributed by atoms with van der Waals surface area (Å²) in [6.45, 7) is 0. The normalized spacial score (nSPS) is 13.7. The molecule has 120 valence electrons. The van der Waals surface area contributed by atoms with Crippen molar-refractivity contribution in [3.63, 3.8) is 0 Å². The molecule has 0 unspecified atom stereocenters. The molecule has 0 saturated heterocycles. The van der Waals surface area contributed by atoms with Gasteiger partial charge in [0.2, 0.25) is 0 Å². The summed E-state index contributed by atoms with van der Waals surface area (Å²) in [5, 5.41) is 7.35. The number of hydrogen-bond acceptors (Lipinski definition) is 2. The van der Waals surface area contributed by atoms with Crippen LogP contribution in [0.3, 0.4) is 0 Å². The van der Waals surface area contributed by atoms with Crippen LogP contribution in [0, 0.1) is 5.82 Å². The highest BCUT2D eigenvalue weighted by Gasteiger charge is 2.29. The van der Waals surface area contributed by atoms with Crippen LogP contribution in [0.2, 0.25) is 0 Å². The molecule has 1 fully saturated rings. The number of aromatic nitrogens is 2. The Hall–Kier alpha value is -2.95. The average molecular weight is 321 g/mol. The summed E-state index contributed by atoms with van der Waals surface area (Å²) in [6.07, 6.45) is 2.22. The van der Waals surface area contributed by atoms with Crippen molar-refractivity contribution in [1.29, 1.82) is 0 Å². The fourth-order valence-electron chi connectivity index (χ4n) is 2.67. The van der Waals surface area contributed by atoms with Crippen LogP contribution >= 0.6 is 0 Å². The minimum atomic E-state index is -0.386. The van der Waals surface area contributed by atoms with Crippen molar-refractivity contribution in [2.45, 2.75) is 18.8 Å². The number of halogens is 1. The average Bonchev–Trinajstić information content (AvgIpc) is 3.34. The van der Waals surface area contributed by atoms with Crippen LogP contribution in [-0.4, -0.2) is 15.7 Å². The monoisotopic (exact) mass is 321 g/mol. The van der Waals surface area contributed by atoms with E-state index in [1.54, 1.807) is 16.8 Å². The second-order valence-electron chi connectivity index (χ2n) is 5.94. The number of anilines is 1. The minimum absolute atomic E-state index is 0.302. The van der Waals surface area contributed by atoms with Crippen molar-refractivity contribution in [3.05, 3.63) is 77.9 Å². The summed E-state index contributed by atoms with van der Waals surface area (Å²) in [5.74, 6) is -0.248. The SMILES string of the molecule is O=C(Nc1cccc(F)c1)c1cc(C2CC2)nn1-c1ccccc1. The molecule has 0 atom stereocenters. The van der Waals surface area contributed by atoms with E-state index >= 15 is 0 Å². The van der Waals surface area contributed by atoms with Crippen molar-refractivity contribution in [1.82, 2.24) is 9.78 Å². The molecular weight excluding hydrogens is 305 g/mol. The zero-order valence-electron chi connectivity index (χ0n) is 12.9. The molecule has 1 amide bonds. The lowest BCUT2D eigenvalue weighted by molar-refractivity contribution is 0.101. The van der Waals surface area contributed by atoms with Gasteiger partial charge in [0, 0.05) is 11.6 Å². The van der Waals surface area contributed by atoms with E-state index in [1.807, 2.05) is 36.4 Å². The third-order valence-electron chi connectivity index (χ3n) is 4.04. The lowest BCUT2D eigenvalue weighted by Gasteiger charge is -2.08. The Morgan fingerprint density at radius 1 is 1.08 bits per heavy atom. The zero-order chi connectivity index (χ0) is 16.5. The molecule has 1 saturated carbocycles. The maximum Gasteiger partial charge on any atom is 0.274 e. The lowest BCUT2D eigenvalue weighted by atomic mass is 10.2. The van der Waals surface area contributed by atoms with Crippen molar-refractivity contribution < 1.29 is 9.18 Å². The van der Waals surface area contributed by atoms with Gasteiger partial charge in [-0.2, -0.15) is 5.10 Å². The summed E-state index contributed by atoms with van der Waals surface area (Å²) in [6, 6.07) is 17.2. The van der Waals surface area contributed by atoms with Gasteiger partial charge in [0.15, 0.2) is 0 Å². The molecule has 0 spiro atoms. The summed E-state index contributed by atoms with van der Waals surface area (Å²) in [5.41, 5.74) is 2.64. The van der Waals surface area contributed by atoms with E-state index in [1.165, 1.54) is 12.1 Å². The third-order valence-corrected chi connectivity index (χ3v) is 4.04. The molecule has 4 rings (SSSR count). The van der Waals surface area contributed by atoms with E-state index in [2.05, 4.69) is 10.4 Å². The molecule has 0 radical (unpaired) electrons. The van der Waals surface area contributed by atoms with E-state index in [4.69, 9.17) is 0 Å². The van der Waals surface area contributed by atoms with E-state index in [9.17, 15) is 9.18 Å². The van der Waals surface area contributed by atoms with Crippen molar-refractivity contribution in [2.75, 3.05) is 5.32 Å². The van der Waals surface area contributed by atoms with Crippen LogP contribution in [0.5, 0.6) is 0 Å². The molecule has 2 aromatic carbocycles. The standard InChI is InChI=1S/C19H16FN3O/c20-14-5-4-6-15(11-14)21-19(24)18-12-17(13-9-10-13)22-23(18)16-7-2-1-3-8-16/h1-8,11-13H,9-10H2,(H,21,24).